The lowest BCUT2D eigenvalue weighted by Crippen LogP contribution is -2.22. The van der Waals surface area contributed by atoms with Crippen molar-refractivity contribution in [3.05, 3.63) is 56.1 Å². The number of hydrogen-bond acceptors (Lipinski definition) is 8. The molecule has 162 valence electrons. The fraction of sp³-hybridized carbons (Fsp3) is 0.190. The van der Waals surface area contributed by atoms with Gasteiger partial charge in [-0.1, -0.05) is 17.7 Å². The van der Waals surface area contributed by atoms with Crippen LogP contribution < -0.4 is 20.4 Å². The summed E-state index contributed by atoms with van der Waals surface area (Å²) >= 11 is 9.63. The number of fused-ring (bicyclic) bond motifs is 1. The van der Waals surface area contributed by atoms with Crippen LogP contribution in [0.2, 0.25) is 5.02 Å². The molecule has 1 N–H and O–H groups in total. The van der Waals surface area contributed by atoms with Crippen molar-refractivity contribution in [1.82, 2.24) is 5.48 Å². The second-order valence-corrected chi connectivity index (χ2v) is 7.45. The number of para-hydroxylation sites is 1. The highest BCUT2D eigenvalue weighted by atomic mass is 79.9. The molecule has 0 amide bonds. The fourth-order valence-corrected chi connectivity index (χ4v) is 3.45. The van der Waals surface area contributed by atoms with Crippen molar-refractivity contribution in [1.29, 1.82) is 0 Å². The van der Waals surface area contributed by atoms with Crippen LogP contribution in [0.1, 0.15) is 6.42 Å². The summed E-state index contributed by atoms with van der Waals surface area (Å²) in [5, 5.41) is 0.707. The minimum absolute atomic E-state index is 0.0648. The van der Waals surface area contributed by atoms with E-state index >= 15 is 0 Å². The van der Waals surface area contributed by atoms with E-state index in [4.69, 9.17) is 25.5 Å². The van der Waals surface area contributed by atoms with E-state index in [1.54, 1.807) is 30.3 Å². The minimum atomic E-state index is -1.00. The maximum Gasteiger partial charge on any atom is 0.389 e. The summed E-state index contributed by atoms with van der Waals surface area (Å²) in [5.74, 6) is 0.0494. The van der Waals surface area contributed by atoms with Gasteiger partial charge in [-0.05, 0) is 46.6 Å². The summed E-state index contributed by atoms with van der Waals surface area (Å²) in [6.45, 7) is 0.523. The predicted octanol–water partition coefficient (Wildman–Crippen LogP) is 3.90. The Morgan fingerprint density at radius 2 is 2.06 bits per heavy atom. The first kappa shape index (κ1) is 22.8. The van der Waals surface area contributed by atoms with Crippen LogP contribution in [0.4, 0.5) is 0 Å². The number of hydroxylamine groups is 1. The number of nitrogens with one attached hydrogen (secondary N) is 1. The lowest BCUT2D eigenvalue weighted by molar-refractivity contribution is -0.154. The number of methoxy groups -OCH3 is 1. The standard InChI is InChI=1S/C21H17BrClNO7/c1-28-20-13(17-10-16(26)12-4-2-5-15(23)19(12)30-17)6-7-14(22)21(20)29-9-3-8-24-31-18(27)11-25/h2,4-7,10-11,24H,3,8-9H2,1H3. The molecule has 0 atom stereocenters. The predicted molar refractivity (Wildman–Crippen MR) is 117 cm³/mol. The van der Waals surface area contributed by atoms with Crippen molar-refractivity contribution in [3.8, 4) is 22.8 Å². The Kier molecular flexibility index (Phi) is 7.67. The van der Waals surface area contributed by atoms with E-state index in [1.165, 1.54) is 13.2 Å². The van der Waals surface area contributed by atoms with Gasteiger partial charge < -0.3 is 18.7 Å². The Hall–Kier alpha value is -2.88. The normalized spacial score (nSPS) is 10.7. The molecule has 0 aliphatic carbocycles. The van der Waals surface area contributed by atoms with Crippen LogP contribution in [0.5, 0.6) is 11.5 Å². The molecular weight excluding hydrogens is 494 g/mol. The molecule has 0 bridgehead atoms. The van der Waals surface area contributed by atoms with Gasteiger partial charge in [0.15, 0.2) is 22.5 Å². The summed E-state index contributed by atoms with van der Waals surface area (Å²) in [6.07, 6.45) is 0.530. The molecule has 0 fully saturated rings. The van der Waals surface area contributed by atoms with E-state index < -0.39 is 5.97 Å². The summed E-state index contributed by atoms with van der Waals surface area (Å²) < 4.78 is 17.9. The Bertz CT molecular complexity index is 1180. The van der Waals surface area contributed by atoms with Crippen LogP contribution >= 0.6 is 27.5 Å². The molecule has 0 aliphatic rings. The van der Waals surface area contributed by atoms with Crippen molar-refractivity contribution >= 4 is 50.8 Å². The first-order valence-corrected chi connectivity index (χ1v) is 10.2. The number of benzene rings is 2. The Morgan fingerprint density at radius 1 is 1.26 bits per heavy atom. The largest absolute Gasteiger partial charge is 0.492 e. The van der Waals surface area contributed by atoms with Gasteiger partial charge in [-0.3, -0.25) is 9.59 Å². The zero-order chi connectivity index (χ0) is 22.4. The maximum absolute atomic E-state index is 12.6. The average molecular weight is 511 g/mol. The van der Waals surface area contributed by atoms with Crippen molar-refractivity contribution in [3.63, 3.8) is 0 Å². The molecule has 2 aromatic carbocycles. The first-order valence-electron chi connectivity index (χ1n) is 9.07. The number of halogens is 2. The smallest absolute Gasteiger partial charge is 0.389 e. The molecular formula is C21H17BrClNO7. The molecule has 0 unspecified atom stereocenters. The van der Waals surface area contributed by atoms with Crippen LogP contribution in [-0.2, 0) is 14.4 Å². The van der Waals surface area contributed by atoms with E-state index in [-0.39, 0.29) is 36.2 Å². The van der Waals surface area contributed by atoms with E-state index in [0.717, 1.165) is 0 Å². The number of carbonyl (C=O) groups excluding carboxylic acids is 2. The Balaban J connectivity index is 1.86. The first-order chi connectivity index (χ1) is 15.0. The van der Waals surface area contributed by atoms with E-state index in [9.17, 15) is 14.4 Å². The highest BCUT2D eigenvalue weighted by Crippen LogP contribution is 2.43. The Labute approximate surface area is 190 Å². The van der Waals surface area contributed by atoms with Crippen molar-refractivity contribution < 1.29 is 28.3 Å². The molecule has 31 heavy (non-hydrogen) atoms. The number of hydrogen-bond donors (Lipinski definition) is 1. The summed E-state index contributed by atoms with van der Waals surface area (Å²) in [7, 11) is 1.48. The molecule has 0 spiro atoms. The summed E-state index contributed by atoms with van der Waals surface area (Å²) in [6, 6.07) is 9.82. The van der Waals surface area contributed by atoms with Gasteiger partial charge in [0.05, 0.1) is 34.2 Å². The van der Waals surface area contributed by atoms with Gasteiger partial charge in [-0.25, -0.2) is 4.79 Å². The van der Waals surface area contributed by atoms with Crippen LogP contribution in [0, 0.1) is 0 Å². The number of carbonyl (C=O) groups is 2. The topological polar surface area (TPSA) is 104 Å². The SMILES string of the molecule is COc1c(-c2cc(=O)c3cccc(Cl)c3o2)ccc(Br)c1OCCCNOC(=O)C=O. The molecule has 10 heteroatoms. The van der Waals surface area contributed by atoms with Crippen LogP contribution in [0.3, 0.4) is 0 Å². The van der Waals surface area contributed by atoms with Crippen LogP contribution in [0.15, 0.2) is 50.1 Å². The minimum Gasteiger partial charge on any atom is -0.492 e. The molecule has 0 radical (unpaired) electrons. The van der Waals surface area contributed by atoms with Crippen molar-refractivity contribution in [2.75, 3.05) is 20.3 Å². The number of ether oxygens (including phenoxy) is 2. The van der Waals surface area contributed by atoms with Gasteiger partial charge in [-0.15, -0.1) is 0 Å². The van der Waals surface area contributed by atoms with Crippen LogP contribution in [-0.4, -0.2) is 32.5 Å². The van der Waals surface area contributed by atoms with E-state index in [2.05, 4.69) is 26.2 Å². The van der Waals surface area contributed by atoms with E-state index in [1.807, 2.05) is 0 Å². The second kappa shape index (κ2) is 10.4. The zero-order valence-electron chi connectivity index (χ0n) is 16.3. The molecule has 3 rings (SSSR count). The van der Waals surface area contributed by atoms with Gasteiger partial charge in [0.2, 0.25) is 6.29 Å². The zero-order valence-corrected chi connectivity index (χ0v) is 18.6. The maximum atomic E-state index is 12.6. The number of aldehydes is 1. The lowest BCUT2D eigenvalue weighted by Gasteiger charge is -2.16. The third-order valence-electron chi connectivity index (χ3n) is 4.18. The quantitative estimate of drug-likeness (QED) is 0.200. The summed E-state index contributed by atoms with van der Waals surface area (Å²) in [5.41, 5.74) is 2.93. The van der Waals surface area contributed by atoms with Gasteiger partial charge in [-0.2, -0.15) is 5.48 Å². The second-order valence-electron chi connectivity index (χ2n) is 6.18. The monoisotopic (exact) mass is 509 g/mol. The molecule has 0 saturated heterocycles. The highest BCUT2D eigenvalue weighted by Gasteiger charge is 2.19. The van der Waals surface area contributed by atoms with Crippen LogP contribution in [0.25, 0.3) is 22.3 Å². The highest BCUT2D eigenvalue weighted by molar-refractivity contribution is 9.10. The van der Waals surface area contributed by atoms with Gasteiger partial charge >= 0.3 is 5.97 Å². The molecule has 0 saturated carbocycles. The molecule has 1 heterocycles. The number of rotatable bonds is 9. The molecule has 0 aliphatic heterocycles. The average Bonchev–Trinajstić information content (AvgIpc) is 2.77. The van der Waals surface area contributed by atoms with Crippen molar-refractivity contribution in [2.24, 2.45) is 0 Å². The fourth-order valence-electron chi connectivity index (χ4n) is 2.81. The molecule has 3 aromatic rings. The van der Waals surface area contributed by atoms with Gasteiger partial charge in [0.1, 0.15) is 5.76 Å². The Morgan fingerprint density at radius 3 is 2.81 bits per heavy atom. The van der Waals surface area contributed by atoms with E-state index in [0.29, 0.717) is 38.4 Å². The third-order valence-corrected chi connectivity index (χ3v) is 5.10. The van der Waals surface area contributed by atoms with Gasteiger partial charge in [0, 0.05) is 12.6 Å². The summed E-state index contributed by atoms with van der Waals surface area (Å²) in [4.78, 5) is 37.9. The molecule has 8 nitrogen and oxygen atoms in total. The molecule has 1 aromatic heterocycles. The van der Waals surface area contributed by atoms with Crippen molar-refractivity contribution in [2.45, 2.75) is 6.42 Å². The van der Waals surface area contributed by atoms with Gasteiger partial charge in [0.25, 0.3) is 0 Å². The lowest BCUT2D eigenvalue weighted by atomic mass is 10.1. The third kappa shape index (κ3) is 5.25.